The van der Waals surface area contributed by atoms with Crippen molar-refractivity contribution in [2.45, 2.75) is 26.0 Å². The fourth-order valence-corrected chi connectivity index (χ4v) is 3.04. The molecule has 0 spiro atoms. The summed E-state index contributed by atoms with van der Waals surface area (Å²) in [5.74, 6) is 5.56. The van der Waals surface area contributed by atoms with E-state index in [1.807, 2.05) is 30.3 Å². The molecule has 132 valence electrons. The van der Waals surface area contributed by atoms with Gasteiger partial charge in [-0.3, -0.25) is 9.78 Å². The summed E-state index contributed by atoms with van der Waals surface area (Å²) >= 11 is 1.58. The average molecular weight is 366 g/mol. The Morgan fingerprint density at radius 2 is 2.12 bits per heavy atom. The van der Waals surface area contributed by atoms with Crippen LogP contribution in [0, 0.1) is 11.8 Å². The summed E-state index contributed by atoms with van der Waals surface area (Å²) in [6.45, 7) is 3.56. The predicted octanol–water partition coefficient (Wildman–Crippen LogP) is 3.46. The standard InChI is InChI=1S/C20H18N2O3S/c1-20(2,24)11-10-14-6-8-17(25-14)19(23)22-13-15-7-9-18(26-15)16-5-3-4-12-21-16/h3-9,12,24H,13H2,1-2H3,(H,22,23). The Balaban J connectivity index is 1.60. The Morgan fingerprint density at radius 3 is 2.85 bits per heavy atom. The number of rotatable bonds is 4. The summed E-state index contributed by atoms with van der Waals surface area (Å²) in [5, 5.41) is 12.4. The van der Waals surface area contributed by atoms with Crippen LogP contribution < -0.4 is 5.32 Å². The van der Waals surface area contributed by atoms with Crippen LogP contribution in [0.2, 0.25) is 0 Å². The van der Waals surface area contributed by atoms with Gasteiger partial charge in [0.25, 0.3) is 5.91 Å². The molecule has 0 aliphatic heterocycles. The summed E-state index contributed by atoms with van der Waals surface area (Å²) in [6, 6.07) is 12.9. The van der Waals surface area contributed by atoms with Gasteiger partial charge in [-0.05, 0) is 56.2 Å². The van der Waals surface area contributed by atoms with Gasteiger partial charge < -0.3 is 14.8 Å². The largest absolute Gasteiger partial charge is 0.443 e. The van der Waals surface area contributed by atoms with E-state index in [0.717, 1.165) is 15.4 Å². The average Bonchev–Trinajstić information content (AvgIpc) is 3.28. The van der Waals surface area contributed by atoms with E-state index in [1.165, 1.54) is 0 Å². The van der Waals surface area contributed by atoms with Gasteiger partial charge in [-0.15, -0.1) is 11.3 Å². The van der Waals surface area contributed by atoms with E-state index in [-0.39, 0.29) is 11.7 Å². The van der Waals surface area contributed by atoms with Crippen LogP contribution in [0.25, 0.3) is 10.6 Å². The number of aliphatic hydroxyl groups is 1. The molecular formula is C20H18N2O3S. The van der Waals surface area contributed by atoms with E-state index in [4.69, 9.17) is 4.42 Å². The lowest BCUT2D eigenvalue weighted by Gasteiger charge is -2.05. The maximum Gasteiger partial charge on any atom is 0.287 e. The fourth-order valence-electron chi connectivity index (χ4n) is 2.12. The molecule has 0 bridgehead atoms. The summed E-state index contributed by atoms with van der Waals surface area (Å²) in [4.78, 5) is 18.6. The van der Waals surface area contributed by atoms with Crippen molar-refractivity contribution < 1.29 is 14.3 Å². The van der Waals surface area contributed by atoms with Crippen LogP contribution in [0.15, 0.2) is 53.1 Å². The van der Waals surface area contributed by atoms with Crippen LogP contribution in [0.4, 0.5) is 0 Å². The van der Waals surface area contributed by atoms with Gasteiger partial charge in [-0.1, -0.05) is 12.0 Å². The number of hydrogen-bond acceptors (Lipinski definition) is 5. The number of carbonyl (C=O) groups is 1. The fraction of sp³-hybridized carbons (Fsp3) is 0.200. The Labute approximate surface area is 155 Å². The van der Waals surface area contributed by atoms with Crippen LogP contribution in [0.5, 0.6) is 0 Å². The van der Waals surface area contributed by atoms with Crippen LogP contribution >= 0.6 is 11.3 Å². The molecule has 2 N–H and O–H groups in total. The Morgan fingerprint density at radius 1 is 1.27 bits per heavy atom. The molecule has 0 atom stereocenters. The molecule has 3 aromatic heterocycles. The number of pyridine rings is 1. The molecular weight excluding hydrogens is 348 g/mol. The Hall–Kier alpha value is -2.88. The second kappa shape index (κ2) is 7.56. The zero-order valence-electron chi connectivity index (χ0n) is 14.4. The number of thiophene rings is 1. The van der Waals surface area contributed by atoms with Crippen molar-refractivity contribution in [1.29, 1.82) is 0 Å². The molecule has 0 aliphatic carbocycles. The number of nitrogens with one attached hydrogen (secondary N) is 1. The second-order valence-electron chi connectivity index (χ2n) is 6.14. The van der Waals surface area contributed by atoms with E-state index in [0.29, 0.717) is 12.3 Å². The van der Waals surface area contributed by atoms with Crippen molar-refractivity contribution in [2.24, 2.45) is 0 Å². The van der Waals surface area contributed by atoms with E-state index in [1.54, 1.807) is 43.5 Å². The minimum atomic E-state index is -1.11. The van der Waals surface area contributed by atoms with Gasteiger partial charge in [0, 0.05) is 11.1 Å². The molecule has 26 heavy (non-hydrogen) atoms. The van der Waals surface area contributed by atoms with E-state index < -0.39 is 5.60 Å². The van der Waals surface area contributed by atoms with Gasteiger partial charge in [0.1, 0.15) is 5.60 Å². The van der Waals surface area contributed by atoms with E-state index in [9.17, 15) is 9.90 Å². The van der Waals surface area contributed by atoms with E-state index in [2.05, 4.69) is 22.1 Å². The maximum absolute atomic E-state index is 12.2. The first-order valence-electron chi connectivity index (χ1n) is 8.04. The van der Waals surface area contributed by atoms with Crippen LogP contribution in [0.3, 0.4) is 0 Å². The van der Waals surface area contributed by atoms with Gasteiger partial charge in [0.2, 0.25) is 0 Å². The molecule has 3 heterocycles. The summed E-state index contributed by atoms with van der Waals surface area (Å²) < 4.78 is 5.40. The zero-order valence-corrected chi connectivity index (χ0v) is 15.3. The highest BCUT2D eigenvalue weighted by molar-refractivity contribution is 7.15. The van der Waals surface area contributed by atoms with Crippen molar-refractivity contribution in [3.63, 3.8) is 0 Å². The molecule has 3 aromatic rings. The predicted molar refractivity (Wildman–Crippen MR) is 101 cm³/mol. The minimum absolute atomic E-state index is 0.187. The van der Waals surface area contributed by atoms with Crippen molar-refractivity contribution in [1.82, 2.24) is 10.3 Å². The molecule has 6 heteroatoms. The normalized spacial score (nSPS) is 10.9. The Kier molecular flexibility index (Phi) is 5.21. The molecule has 0 aromatic carbocycles. The van der Waals surface area contributed by atoms with Crippen LogP contribution in [-0.4, -0.2) is 21.6 Å². The summed E-state index contributed by atoms with van der Waals surface area (Å²) in [6.07, 6.45) is 1.76. The molecule has 0 saturated heterocycles. The zero-order chi connectivity index (χ0) is 18.6. The number of aromatic nitrogens is 1. The number of carbonyl (C=O) groups excluding carboxylic acids is 1. The molecule has 0 saturated carbocycles. The summed E-state index contributed by atoms with van der Waals surface area (Å²) in [7, 11) is 0. The van der Waals surface area contributed by atoms with Gasteiger partial charge in [0.15, 0.2) is 11.5 Å². The van der Waals surface area contributed by atoms with Crippen molar-refractivity contribution in [3.05, 3.63) is 65.1 Å². The molecule has 5 nitrogen and oxygen atoms in total. The Bertz CT molecular complexity index is 956. The van der Waals surface area contributed by atoms with Gasteiger partial charge >= 0.3 is 0 Å². The van der Waals surface area contributed by atoms with Crippen molar-refractivity contribution in [3.8, 4) is 22.4 Å². The highest BCUT2D eigenvalue weighted by Gasteiger charge is 2.12. The smallest absolute Gasteiger partial charge is 0.287 e. The third-order valence-corrected chi connectivity index (χ3v) is 4.43. The second-order valence-corrected chi connectivity index (χ2v) is 7.30. The number of nitrogens with zero attached hydrogens (tertiary/aromatic N) is 1. The molecule has 0 radical (unpaired) electrons. The number of amides is 1. The third-order valence-electron chi connectivity index (χ3n) is 3.32. The van der Waals surface area contributed by atoms with Crippen LogP contribution in [-0.2, 0) is 6.54 Å². The highest BCUT2D eigenvalue weighted by Crippen LogP contribution is 2.26. The number of hydrogen-bond donors (Lipinski definition) is 2. The van der Waals surface area contributed by atoms with Crippen molar-refractivity contribution >= 4 is 17.2 Å². The van der Waals surface area contributed by atoms with Gasteiger partial charge in [0.05, 0.1) is 17.1 Å². The first-order valence-corrected chi connectivity index (χ1v) is 8.86. The highest BCUT2D eigenvalue weighted by atomic mass is 32.1. The molecule has 1 amide bonds. The molecule has 0 fully saturated rings. The van der Waals surface area contributed by atoms with Gasteiger partial charge in [-0.2, -0.15) is 0 Å². The lowest BCUT2D eigenvalue weighted by atomic mass is 10.1. The third kappa shape index (κ3) is 4.82. The minimum Gasteiger partial charge on any atom is -0.443 e. The first kappa shape index (κ1) is 17.9. The maximum atomic E-state index is 12.2. The summed E-state index contributed by atoms with van der Waals surface area (Å²) in [5.41, 5.74) is -0.198. The van der Waals surface area contributed by atoms with Crippen LogP contribution in [0.1, 0.15) is 35.0 Å². The van der Waals surface area contributed by atoms with Crippen molar-refractivity contribution in [2.75, 3.05) is 0 Å². The molecule has 0 unspecified atom stereocenters. The van der Waals surface area contributed by atoms with Gasteiger partial charge in [-0.25, -0.2) is 0 Å². The SMILES string of the molecule is CC(C)(O)C#Cc1ccc(C(=O)NCc2ccc(-c3ccccn3)s2)o1. The lowest BCUT2D eigenvalue weighted by molar-refractivity contribution is 0.0923. The monoisotopic (exact) mass is 366 g/mol. The lowest BCUT2D eigenvalue weighted by Crippen LogP contribution is -2.21. The quantitative estimate of drug-likeness (QED) is 0.694. The molecule has 0 aliphatic rings. The van der Waals surface area contributed by atoms with E-state index >= 15 is 0 Å². The topological polar surface area (TPSA) is 75.4 Å². The number of furan rings is 1. The molecule has 3 rings (SSSR count). The first-order chi connectivity index (χ1) is 12.4.